The molecule has 5 nitrogen and oxygen atoms in total. The van der Waals surface area contributed by atoms with Crippen molar-refractivity contribution in [3.63, 3.8) is 0 Å². The molecule has 1 amide bonds. The molecular formula is C14H22N4O. The largest absolute Gasteiger partial charge is 0.336 e. The number of aromatic nitrogens is 1. The molecule has 1 aliphatic heterocycles. The van der Waals surface area contributed by atoms with Crippen LogP contribution in [0.1, 0.15) is 49.4 Å². The van der Waals surface area contributed by atoms with Crippen LogP contribution in [0.3, 0.4) is 0 Å². The topological polar surface area (TPSA) is 71.2 Å². The maximum absolute atomic E-state index is 12.6. The van der Waals surface area contributed by atoms with Crippen LogP contribution >= 0.6 is 0 Å². The van der Waals surface area contributed by atoms with E-state index in [0.717, 1.165) is 25.8 Å². The Morgan fingerprint density at radius 3 is 2.95 bits per heavy atom. The molecule has 19 heavy (non-hydrogen) atoms. The lowest BCUT2D eigenvalue weighted by Crippen LogP contribution is -2.39. The van der Waals surface area contributed by atoms with E-state index in [2.05, 4.69) is 17.3 Å². The number of carbonyl (C=O) groups is 1. The first-order valence-corrected chi connectivity index (χ1v) is 7.00. The van der Waals surface area contributed by atoms with Gasteiger partial charge in [0.15, 0.2) is 0 Å². The SMILES string of the molecule is CCC1CCCCCN1C(=O)c1ccc(NN)nc1. The third-order valence-electron chi connectivity index (χ3n) is 3.77. The van der Waals surface area contributed by atoms with Crippen LogP contribution in [0.2, 0.25) is 0 Å². The molecule has 1 aliphatic rings. The summed E-state index contributed by atoms with van der Waals surface area (Å²) in [6.45, 7) is 3.00. The van der Waals surface area contributed by atoms with Crippen LogP contribution in [-0.2, 0) is 0 Å². The van der Waals surface area contributed by atoms with Crippen molar-refractivity contribution in [1.82, 2.24) is 9.88 Å². The van der Waals surface area contributed by atoms with Crippen LogP contribution in [0, 0.1) is 0 Å². The summed E-state index contributed by atoms with van der Waals surface area (Å²) in [5.41, 5.74) is 3.10. The molecule has 0 aromatic carbocycles. The summed E-state index contributed by atoms with van der Waals surface area (Å²) >= 11 is 0. The number of nitrogens with zero attached hydrogens (tertiary/aromatic N) is 2. The number of hydrogen-bond donors (Lipinski definition) is 2. The van der Waals surface area contributed by atoms with Crippen molar-refractivity contribution >= 4 is 11.7 Å². The van der Waals surface area contributed by atoms with Gasteiger partial charge in [0.25, 0.3) is 5.91 Å². The van der Waals surface area contributed by atoms with Crippen LogP contribution in [0.4, 0.5) is 5.82 Å². The molecule has 1 unspecified atom stereocenters. The quantitative estimate of drug-likeness (QED) is 0.647. The van der Waals surface area contributed by atoms with E-state index in [0.29, 0.717) is 17.4 Å². The highest BCUT2D eigenvalue weighted by molar-refractivity contribution is 5.94. The number of hydrogen-bond acceptors (Lipinski definition) is 4. The van der Waals surface area contributed by atoms with Gasteiger partial charge in [-0.3, -0.25) is 4.79 Å². The van der Waals surface area contributed by atoms with E-state index < -0.39 is 0 Å². The van der Waals surface area contributed by atoms with Gasteiger partial charge in [-0.05, 0) is 31.4 Å². The Morgan fingerprint density at radius 2 is 2.32 bits per heavy atom. The van der Waals surface area contributed by atoms with Gasteiger partial charge in [-0.15, -0.1) is 0 Å². The number of hydrazine groups is 1. The average Bonchev–Trinajstić information content (AvgIpc) is 2.71. The molecule has 2 heterocycles. The molecule has 1 fully saturated rings. The third kappa shape index (κ3) is 3.23. The summed E-state index contributed by atoms with van der Waals surface area (Å²) in [6, 6.07) is 3.87. The van der Waals surface area contributed by atoms with Crippen molar-refractivity contribution in [3.8, 4) is 0 Å². The van der Waals surface area contributed by atoms with Crippen molar-refractivity contribution in [2.24, 2.45) is 5.84 Å². The third-order valence-corrected chi connectivity index (χ3v) is 3.77. The predicted octanol–water partition coefficient (Wildman–Crippen LogP) is 2.16. The fourth-order valence-electron chi connectivity index (χ4n) is 2.64. The summed E-state index contributed by atoms with van der Waals surface area (Å²) in [5.74, 6) is 5.93. The van der Waals surface area contributed by atoms with Crippen LogP contribution in [-0.4, -0.2) is 28.4 Å². The molecule has 0 bridgehead atoms. The van der Waals surface area contributed by atoms with E-state index in [9.17, 15) is 4.79 Å². The van der Waals surface area contributed by atoms with Gasteiger partial charge in [0, 0.05) is 18.8 Å². The molecule has 1 atom stereocenters. The van der Waals surface area contributed by atoms with E-state index >= 15 is 0 Å². The van der Waals surface area contributed by atoms with Gasteiger partial charge < -0.3 is 10.3 Å². The summed E-state index contributed by atoms with van der Waals surface area (Å²) in [4.78, 5) is 18.7. The van der Waals surface area contributed by atoms with Gasteiger partial charge in [-0.1, -0.05) is 19.8 Å². The standard InChI is InChI=1S/C14H22N4O/c1-2-12-6-4-3-5-9-18(12)14(19)11-7-8-13(17-15)16-10-11/h7-8,10,12H,2-6,9,15H2,1H3,(H,16,17). The van der Waals surface area contributed by atoms with E-state index in [4.69, 9.17) is 5.84 Å². The van der Waals surface area contributed by atoms with Crippen molar-refractivity contribution in [3.05, 3.63) is 23.9 Å². The molecule has 0 spiro atoms. The lowest BCUT2D eigenvalue weighted by molar-refractivity contribution is 0.0678. The Morgan fingerprint density at radius 1 is 1.47 bits per heavy atom. The van der Waals surface area contributed by atoms with Crippen LogP contribution < -0.4 is 11.3 Å². The Bertz CT molecular complexity index is 418. The van der Waals surface area contributed by atoms with Gasteiger partial charge >= 0.3 is 0 Å². The van der Waals surface area contributed by atoms with Crippen molar-refractivity contribution < 1.29 is 4.79 Å². The number of rotatable bonds is 3. The first kappa shape index (κ1) is 13.8. The van der Waals surface area contributed by atoms with Gasteiger partial charge in [-0.25, -0.2) is 10.8 Å². The minimum Gasteiger partial charge on any atom is -0.336 e. The van der Waals surface area contributed by atoms with Crippen molar-refractivity contribution in [2.75, 3.05) is 12.0 Å². The van der Waals surface area contributed by atoms with Crippen molar-refractivity contribution in [1.29, 1.82) is 0 Å². The number of nitrogens with two attached hydrogens (primary N) is 1. The molecule has 1 aromatic heterocycles. The monoisotopic (exact) mass is 262 g/mol. The highest BCUT2D eigenvalue weighted by Crippen LogP contribution is 2.21. The molecule has 1 aromatic rings. The molecule has 0 saturated carbocycles. The summed E-state index contributed by atoms with van der Waals surface area (Å²) < 4.78 is 0. The Kier molecular flexibility index (Phi) is 4.74. The summed E-state index contributed by atoms with van der Waals surface area (Å²) in [5, 5.41) is 0. The zero-order valence-corrected chi connectivity index (χ0v) is 11.4. The zero-order valence-electron chi connectivity index (χ0n) is 11.4. The number of carbonyl (C=O) groups excluding carboxylic acids is 1. The number of amides is 1. The number of anilines is 1. The fraction of sp³-hybridized carbons (Fsp3) is 0.571. The number of nitrogens with one attached hydrogen (secondary N) is 1. The first-order valence-electron chi connectivity index (χ1n) is 7.00. The first-order chi connectivity index (χ1) is 9.26. The minimum atomic E-state index is 0.0878. The molecule has 104 valence electrons. The van der Waals surface area contributed by atoms with Gasteiger partial charge in [0.05, 0.1) is 5.56 Å². The second kappa shape index (κ2) is 6.52. The number of likely N-dealkylation sites (tertiary alicyclic amines) is 1. The minimum absolute atomic E-state index is 0.0878. The number of nitrogen functional groups attached to an aromatic ring is 1. The molecule has 3 N–H and O–H groups in total. The maximum atomic E-state index is 12.6. The van der Waals surface area contributed by atoms with Gasteiger partial charge in [0.2, 0.25) is 0 Å². The smallest absolute Gasteiger partial charge is 0.255 e. The van der Waals surface area contributed by atoms with E-state index in [1.54, 1.807) is 18.3 Å². The lowest BCUT2D eigenvalue weighted by atomic mass is 10.1. The van der Waals surface area contributed by atoms with Gasteiger partial charge in [0.1, 0.15) is 5.82 Å². The van der Waals surface area contributed by atoms with E-state index in [-0.39, 0.29) is 5.91 Å². The van der Waals surface area contributed by atoms with Crippen LogP contribution in [0.5, 0.6) is 0 Å². The fourth-order valence-corrected chi connectivity index (χ4v) is 2.64. The molecule has 1 saturated heterocycles. The maximum Gasteiger partial charge on any atom is 0.255 e. The van der Waals surface area contributed by atoms with E-state index in [1.165, 1.54) is 12.8 Å². The second-order valence-corrected chi connectivity index (χ2v) is 4.99. The molecule has 5 heteroatoms. The Hall–Kier alpha value is -1.62. The Labute approximate surface area is 114 Å². The van der Waals surface area contributed by atoms with Crippen molar-refractivity contribution in [2.45, 2.75) is 45.1 Å². The van der Waals surface area contributed by atoms with Crippen LogP contribution in [0.25, 0.3) is 0 Å². The van der Waals surface area contributed by atoms with Crippen LogP contribution in [0.15, 0.2) is 18.3 Å². The second-order valence-electron chi connectivity index (χ2n) is 4.99. The highest BCUT2D eigenvalue weighted by atomic mass is 16.2. The lowest BCUT2D eigenvalue weighted by Gasteiger charge is -2.29. The predicted molar refractivity (Wildman–Crippen MR) is 75.6 cm³/mol. The molecule has 2 rings (SSSR count). The Balaban J connectivity index is 2.15. The molecular weight excluding hydrogens is 240 g/mol. The van der Waals surface area contributed by atoms with Gasteiger partial charge in [-0.2, -0.15) is 0 Å². The highest BCUT2D eigenvalue weighted by Gasteiger charge is 2.25. The molecule has 0 aliphatic carbocycles. The van der Waals surface area contributed by atoms with E-state index in [1.807, 2.05) is 4.90 Å². The summed E-state index contributed by atoms with van der Waals surface area (Å²) in [6.07, 6.45) is 7.25. The summed E-state index contributed by atoms with van der Waals surface area (Å²) in [7, 11) is 0. The average molecular weight is 262 g/mol. The molecule has 0 radical (unpaired) electrons. The number of pyridine rings is 1. The zero-order chi connectivity index (χ0) is 13.7. The normalized spacial score (nSPS) is 19.9.